The van der Waals surface area contributed by atoms with Crippen molar-refractivity contribution in [2.45, 2.75) is 37.4 Å². The highest BCUT2D eigenvalue weighted by molar-refractivity contribution is 5.84. The maximum absolute atomic E-state index is 11.6. The van der Waals surface area contributed by atoms with E-state index < -0.39 is 6.10 Å². The van der Waals surface area contributed by atoms with Gasteiger partial charge in [-0.25, -0.2) is 0 Å². The molecule has 3 saturated carbocycles. The second-order valence-corrected chi connectivity index (χ2v) is 4.34. The van der Waals surface area contributed by atoms with Crippen molar-refractivity contribution in [2.24, 2.45) is 5.92 Å². The first-order valence-corrected chi connectivity index (χ1v) is 5.12. The molecule has 3 rings (SSSR count). The summed E-state index contributed by atoms with van der Waals surface area (Å²) in [5.41, 5.74) is -0.389. The molecular weight excluding hydrogens is 180 g/mol. The Morgan fingerprint density at radius 2 is 2.50 bits per heavy atom. The van der Waals surface area contributed by atoms with Gasteiger partial charge in [0.05, 0.1) is 18.3 Å². The predicted molar refractivity (Wildman–Crippen MR) is 51.9 cm³/mol. The SMILES string of the molecule is C=CCO[C@@]12CC[C@@H](C(=O)C1)[C@@H](O)C2. The van der Waals surface area contributed by atoms with E-state index in [1.165, 1.54) is 0 Å². The van der Waals surface area contributed by atoms with Crippen LogP contribution in [0.2, 0.25) is 0 Å². The minimum Gasteiger partial charge on any atom is -0.392 e. The zero-order valence-corrected chi connectivity index (χ0v) is 8.24. The smallest absolute Gasteiger partial charge is 0.141 e. The Balaban J connectivity index is 2.10. The van der Waals surface area contributed by atoms with E-state index in [-0.39, 0.29) is 17.3 Å². The molecule has 0 aromatic heterocycles. The molecule has 0 aromatic carbocycles. The van der Waals surface area contributed by atoms with Crippen LogP contribution >= 0.6 is 0 Å². The molecule has 0 spiro atoms. The molecule has 0 unspecified atom stereocenters. The first kappa shape index (κ1) is 9.87. The summed E-state index contributed by atoms with van der Waals surface area (Å²) < 4.78 is 5.65. The quantitative estimate of drug-likeness (QED) is 0.686. The molecule has 3 aliphatic carbocycles. The van der Waals surface area contributed by atoms with Crippen molar-refractivity contribution in [2.75, 3.05) is 6.61 Å². The van der Waals surface area contributed by atoms with Gasteiger partial charge in [0.1, 0.15) is 5.78 Å². The van der Waals surface area contributed by atoms with Gasteiger partial charge in [-0.15, -0.1) is 6.58 Å². The van der Waals surface area contributed by atoms with Gasteiger partial charge in [-0.2, -0.15) is 0 Å². The average Bonchev–Trinajstić information content (AvgIpc) is 2.15. The van der Waals surface area contributed by atoms with Crippen molar-refractivity contribution in [1.29, 1.82) is 0 Å². The molecule has 3 atom stereocenters. The number of ether oxygens (including phenoxy) is 1. The van der Waals surface area contributed by atoms with Gasteiger partial charge in [0, 0.05) is 18.8 Å². The van der Waals surface area contributed by atoms with E-state index in [9.17, 15) is 9.90 Å². The molecule has 3 aliphatic rings. The zero-order valence-electron chi connectivity index (χ0n) is 8.24. The number of ketones is 1. The first-order chi connectivity index (χ1) is 6.67. The van der Waals surface area contributed by atoms with Crippen LogP contribution in [0.4, 0.5) is 0 Å². The maximum atomic E-state index is 11.6. The summed E-state index contributed by atoms with van der Waals surface area (Å²) in [6.45, 7) is 4.05. The normalized spacial score (nSPS) is 41.4. The highest BCUT2D eigenvalue weighted by Gasteiger charge is 2.50. The van der Waals surface area contributed by atoms with Gasteiger partial charge in [0.2, 0.25) is 0 Å². The molecule has 0 radical (unpaired) electrons. The Kier molecular flexibility index (Phi) is 2.45. The van der Waals surface area contributed by atoms with Crippen LogP contribution in [0.5, 0.6) is 0 Å². The summed E-state index contributed by atoms with van der Waals surface area (Å²) in [5.74, 6) is 0.0447. The molecular formula is C11H16O3. The number of carbonyl (C=O) groups excluding carboxylic acids is 1. The third-order valence-corrected chi connectivity index (χ3v) is 3.37. The van der Waals surface area contributed by atoms with Crippen molar-refractivity contribution in [3.63, 3.8) is 0 Å². The molecule has 0 aliphatic heterocycles. The molecule has 0 saturated heterocycles. The van der Waals surface area contributed by atoms with Crippen molar-refractivity contribution in [3.8, 4) is 0 Å². The monoisotopic (exact) mass is 196 g/mol. The fraction of sp³-hybridized carbons (Fsp3) is 0.727. The maximum Gasteiger partial charge on any atom is 0.141 e. The van der Waals surface area contributed by atoms with Gasteiger partial charge in [-0.3, -0.25) is 4.79 Å². The van der Waals surface area contributed by atoms with E-state index >= 15 is 0 Å². The van der Waals surface area contributed by atoms with Gasteiger partial charge in [-0.05, 0) is 12.8 Å². The summed E-state index contributed by atoms with van der Waals surface area (Å²) >= 11 is 0. The number of aliphatic hydroxyl groups is 1. The van der Waals surface area contributed by atoms with Gasteiger partial charge >= 0.3 is 0 Å². The Hall–Kier alpha value is -0.670. The molecule has 0 amide bonds. The van der Waals surface area contributed by atoms with Gasteiger partial charge in [-0.1, -0.05) is 6.08 Å². The van der Waals surface area contributed by atoms with Crippen molar-refractivity contribution in [1.82, 2.24) is 0 Å². The number of carbonyl (C=O) groups is 1. The number of hydrogen-bond donors (Lipinski definition) is 1. The Labute approximate surface area is 83.8 Å². The highest BCUT2D eigenvalue weighted by Crippen LogP contribution is 2.44. The number of aliphatic hydroxyl groups excluding tert-OH is 1. The summed E-state index contributed by atoms with van der Waals surface area (Å²) in [6.07, 6.45) is 3.95. The van der Waals surface area contributed by atoms with Crippen molar-refractivity contribution in [3.05, 3.63) is 12.7 Å². The van der Waals surface area contributed by atoms with Crippen LogP contribution in [-0.2, 0) is 9.53 Å². The lowest BCUT2D eigenvalue weighted by Gasteiger charge is -2.47. The fourth-order valence-electron chi connectivity index (χ4n) is 2.64. The Morgan fingerprint density at radius 1 is 1.71 bits per heavy atom. The third kappa shape index (κ3) is 1.51. The Bertz CT molecular complexity index is 261. The van der Waals surface area contributed by atoms with Crippen LogP contribution in [0.3, 0.4) is 0 Å². The number of fused-ring (bicyclic) bond motifs is 3. The lowest BCUT2D eigenvalue weighted by atomic mass is 9.65. The molecule has 3 fully saturated rings. The van der Waals surface area contributed by atoms with Crippen LogP contribution in [0.25, 0.3) is 0 Å². The van der Waals surface area contributed by atoms with E-state index in [1.807, 2.05) is 0 Å². The Morgan fingerprint density at radius 3 is 3.07 bits per heavy atom. The molecule has 14 heavy (non-hydrogen) atoms. The number of hydrogen-bond acceptors (Lipinski definition) is 3. The minimum absolute atomic E-state index is 0.121. The van der Waals surface area contributed by atoms with Crippen LogP contribution < -0.4 is 0 Å². The lowest BCUT2D eigenvalue weighted by Crippen LogP contribution is -2.54. The fourth-order valence-corrected chi connectivity index (χ4v) is 2.64. The number of rotatable bonds is 3. The van der Waals surface area contributed by atoms with Gasteiger partial charge in [0.15, 0.2) is 0 Å². The second kappa shape index (κ2) is 3.48. The van der Waals surface area contributed by atoms with Gasteiger partial charge in [0.25, 0.3) is 0 Å². The molecule has 1 N–H and O–H groups in total. The van der Waals surface area contributed by atoms with Crippen LogP contribution in [0.1, 0.15) is 25.7 Å². The highest BCUT2D eigenvalue weighted by atomic mass is 16.5. The molecule has 2 bridgehead atoms. The number of Topliss-reactive ketones (excluding diaryl/α,β-unsaturated/α-hetero) is 1. The van der Waals surface area contributed by atoms with E-state index in [0.29, 0.717) is 19.4 Å². The van der Waals surface area contributed by atoms with E-state index in [2.05, 4.69) is 6.58 Å². The van der Waals surface area contributed by atoms with E-state index in [1.54, 1.807) is 6.08 Å². The first-order valence-electron chi connectivity index (χ1n) is 5.12. The second-order valence-electron chi connectivity index (χ2n) is 4.34. The predicted octanol–water partition coefficient (Wildman–Crippen LogP) is 1.06. The van der Waals surface area contributed by atoms with Crippen LogP contribution in [0, 0.1) is 5.92 Å². The third-order valence-electron chi connectivity index (χ3n) is 3.37. The largest absolute Gasteiger partial charge is 0.392 e. The van der Waals surface area contributed by atoms with Crippen LogP contribution in [-0.4, -0.2) is 29.2 Å². The molecule has 0 heterocycles. The lowest BCUT2D eigenvalue weighted by molar-refractivity contribution is -0.166. The van der Waals surface area contributed by atoms with Crippen molar-refractivity contribution < 1.29 is 14.6 Å². The molecule has 0 aromatic rings. The summed E-state index contributed by atoms with van der Waals surface area (Å²) in [7, 11) is 0. The topological polar surface area (TPSA) is 46.5 Å². The van der Waals surface area contributed by atoms with Gasteiger partial charge < -0.3 is 9.84 Å². The summed E-state index contributed by atoms with van der Waals surface area (Å²) in [5, 5.41) is 9.71. The molecule has 3 nitrogen and oxygen atoms in total. The average molecular weight is 196 g/mol. The standard InChI is InChI=1S/C11H16O3/c1-2-5-14-11-4-3-8(9(12)6-11)10(13)7-11/h2,8-9,12H,1,3-7H2/t8-,9+,11-/m1/s1. The summed E-state index contributed by atoms with van der Waals surface area (Å²) in [6, 6.07) is 0. The van der Waals surface area contributed by atoms with Crippen LogP contribution in [0.15, 0.2) is 12.7 Å². The zero-order chi connectivity index (χ0) is 10.2. The van der Waals surface area contributed by atoms with Crippen molar-refractivity contribution >= 4 is 5.78 Å². The molecule has 3 heteroatoms. The molecule has 78 valence electrons. The van der Waals surface area contributed by atoms with E-state index in [4.69, 9.17) is 4.74 Å². The van der Waals surface area contributed by atoms with E-state index in [0.717, 1.165) is 12.8 Å². The minimum atomic E-state index is -0.491. The summed E-state index contributed by atoms with van der Waals surface area (Å²) in [4.78, 5) is 11.6.